The SMILES string of the molecule is C=CCCCN(C)C(=NCC(=O)N(C)C)NCC1CCCN1CC. The molecule has 1 amide bonds. The highest BCUT2D eigenvalue weighted by Gasteiger charge is 2.23. The Kier molecular flexibility index (Phi) is 9.45. The second-order valence-corrected chi connectivity index (χ2v) is 6.59. The van der Waals surface area contributed by atoms with E-state index in [0.29, 0.717) is 6.04 Å². The zero-order valence-electron chi connectivity index (χ0n) is 15.9. The fraction of sp³-hybridized carbons (Fsp3) is 0.778. The highest BCUT2D eigenvalue weighted by molar-refractivity contribution is 5.84. The van der Waals surface area contributed by atoms with Gasteiger partial charge in [-0.05, 0) is 38.8 Å². The monoisotopic (exact) mass is 337 g/mol. The molecule has 1 fully saturated rings. The summed E-state index contributed by atoms with van der Waals surface area (Å²) >= 11 is 0. The molecule has 1 atom stereocenters. The Morgan fingerprint density at radius 2 is 2.17 bits per heavy atom. The maximum atomic E-state index is 11.8. The van der Waals surface area contributed by atoms with E-state index in [0.717, 1.165) is 38.4 Å². The van der Waals surface area contributed by atoms with Gasteiger partial charge in [-0.1, -0.05) is 13.0 Å². The number of allylic oxidation sites excluding steroid dienone is 1. The molecular formula is C18H35N5O. The number of hydrogen-bond donors (Lipinski definition) is 1. The maximum Gasteiger partial charge on any atom is 0.243 e. The Balaban J connectivity index is 2.63. The van der Waals surface area contributed by atoms with E-state index in [1.807, 2.05) is 13.1 Å². The number of carbonyl (C=O) groups is 1. The number of likely N-dealkylation sites (N-methyl/N-ethyl adjacent to an activating group) is 2. The van der Waals surface area contributed by atoms with Crippen LogP contribution in [0, 0.1) is 0 Å². The summed E-state index contributed by atoms with van der Waals surface area (Å²) in [6.07, 6.45) is 6.45. The number of guanidine groups is 1. The molecule has 1 rings (SSSR count). The van der Waals surface area contributed by atoms with Gasteiger partial charge in [0.15, 0.2) is 5.96 Å². The lowest BCUT2D eigenvalue weighted by atomic mass is 10.2. The van der Waals surface area contributed by atoms with Gasteiger partial charge in [0, 0.05) is 40.3 Å². The number of nitrogens with zero attached hydrogens (tertiary/aromatic N) is 4. The summed E-state index contributed by atoms with van der Waals surface area (Å²) in [7, 11) is 5.55. The van der Waals surface area contributed by atoms with Crippen molar-refractivity contribution in [3.63, 3.8) is 0 Å². The first-order valence-corrected chi connectivity index (χ1v) is 9.04. The van der Waals surface area contributed by atoms with Crippen LogP contribution in [-0.2, 0) is 4.79 Å². The average molecular weight is 338 g/mol. The van der Waals surface area contributed by atoms with Crippen LogP contribution in [0.15, 0.2) is 17.6 Å². The van der Waals surface area contributed by atoms with Crippen molar-refractivity contribution in [2.75, 3.05) is 53.9 Å². The van der Waals surface area contributed by atoms with Gasteiger partial charge in [0.25, 0.3) is 0 Å². The highest BCUT2D eigenvalue weighted by atomic mass is 16.2. The molecule has 6 nitrogen and oxygen atoms in total. The Bertz CT molecular complexity index is 422. The zero-order valence-corrected chi connectivity index (χ0v) is 15.9. The smallest absolute Gasteiger partial charge is 0.243 e. The third-order valence-electron chi connectivity index (χ3n) is 4.53. The number of unbranched alkanes of at least 4 members (excludes halogenated alkanes) is 1. The van der Waals surface area contributed by atoms with E-state index >= 15 is 0 Å². The molecular weight excluding hydrogens is 302 g/mol. The normalized spacial score (nSPS) is 18.5. The number of aliphatic imine (C=N–C) groups is 1. The Morgan fingerprint density at radius 1 is 1.42 bits per heavy atom. The van der Waals surface area contributed by atoms with Crippen LogP contribution in [0.3, 0.4) is 0 Å². The fourth-order valence-corrected chi connectivity index (χ4v) is 2.93. The molecule has 1 aliphatic rings. The van der Waals surface area contributed by atoms with Crippen LogP contribution < -0.4 is 5.32 Å². The van der Waals surface area contributed by atoms with Crippen LogP contribution in [0.5, 0.6) is 0 Å². The summed E-state index contributed by atoms with van der Waals surface area (Å²) in [6.45, 7) is 10.2. The lowest BCUT2D eigenvalue weighted by Gasteiger charge is -2.27. The molecule has 0 spiro atoms. The van der Waals surface area contributed by atoms with Crippen molar-refractivity contribution in [2.45, 2.75) is 38.6 Å². The number of hydrogen-bond acceptors (Lipinski definition) is 3. The Hall–Kier alpha value is -1.56. The van der Waals surface area contributed by atoms with Crippen molar-refractivity contribution in [1.82, 2.24) is 20.0 Å². The third kappa shape index (κ3) is 6.91. The number of likely N-dealkylation sites (tertiary alicyclic amines) is 1. The van der Waals surface area contributed by atoms with Crippen LogP contribution in [-0.4, -0.2) is 86.5 Å². The van der Waals surface area contributed by atoms with Gasteiger partial charge < -0.3 is 15.1 Å². The van der Waals surface area contributed by atoms with E-state index in [4.69, 9.17) is 0 Å². The second-order valence-electron chi connectivity index (χ2n) is 6.59. The van der Waals surface area contributed by atoms with Crippen molar-refractivity contribution < 1.29 is 4.79 Å². The molecule has 1 N–H and O–H groups in total. The van der Waals surface area contributed by atoms with E-state index < -0.39 is 0 Å². The molecule has 0 bridgehead atoms. The highest BCUT2D eigenvalue weighted by Crippen LogP contribution is 2.15. The van der Waals surface area contributed by atoms with E-state index in [2.05, 4.69) is 33.6 Å². The van der Waals surface area contributed by atoms with Crippen LogP contribution in [0.2, 0.25) is 0 Å². The molecule has 0 aliphatic carbocycles. The zero-order chi connectivity index (χ0) is 17.9. The summed E-state index contributed by atoms with van der Waals surface area (Å²) in [6, 6.07) is 0.561. The summed E-state index contributed by atoms with van der Waals surface area (Å²) in [5, 5.41) is 3.48. The molecule has 0 radical (unpaired) electrons. The lowest BCUT2D eigenvalue weighted by Crippen LogP contribution is -2.46. The lowest BCUT2D eigenvalue weighted by molar-refractivity contribution is -0.127. The summed E-state index contributed by atoms with van der Waals surface area (Å²) in [5.41, 5.74) is 0. The molecule has 0 saturated carbocycles. The standard InChI is InChI=1S/C18H35N5O/c1-6-8-9-12-22(5)18(20-15-17(24)21(3)4)19-14-16-11-10-13-23(16)7-2/h6,16H,1,7-15H2,2-5H3,(H,19,20). The Labute approximate surface area is 147 Å². The molecule has 6 heteroatoms. The van der Waals surface area contributed by atoms with Crippen molar-refractivity contribution >= 4 is 11.9 Å². The minimum atomic E-state index is 0.0184. The van der Waals surface area contributed by atoms with Crippen molar-refractivity contribution in [1.29, 1.82) is 0 Å². The minimum Gasteiger partial charge on any atom is -0.355 e. The summed E-state index contributed by atoms with van der Waals surface area (Å²) in [4.78, 5) is 22.6. The van der Waals surface area contributed by atoms with E-state index in [1.165, 1.54) is 19.4 Å². The summed E-state index contributed by atoms with van der Waals surface area (Å²) in [5.74, 6) is 0.835. The van der Waals surface area contributed by atoms with Crippen molar-refractivity contribution in [2.24, 2.45) is 4.99 Å². The Morgan fingerprint density at radius 3 is 2.79 bits per heavy atom. The molecule has 24 heavy (non-hydrogen) atoms. The first-order chi connectivity index (χ1) is 11.5. The van der Waals surface area contributed by atoms with Gasteiger partial charge in [0.1, 0.15) is 6.54 Å². The number of carbonyl (C=O) groups excluding carboxylic acids is 1. The van der Waals surface area contributed by atoms with Gasteiger partial charge in [-0.25, -0.2) is 4.99 Å². The van der Waals surface area contributed by atoms with E-state index in [9.17, 15) is 4.79 Å². The van der Waals surface area contributed by atoms with Crippen LogP contribution >= 0.6 is 0 Å². The number of rotatable bonds is 9. The van der Waals surface area contributed by atoms with Crippen molar-refractivity contribution in [3.05, 3.63) is 12.7 Å². The van der Waals surface area contributed by atoms with Crippen LogP contribution in [0.25, 0.3) is 0 Å². The summed E-state index contributed by atoms with van der Waals surface area (Å²) < 4.78 is 0. The van der Waals surface area contributed by atoms with E-state index in [-0.39, 0.29) is 12.5 Å². The van der Waals surface area contributed by atoms with Gasteiger partial charge in [-0.2, -0.15) is 0 Å². The van der Waals surface area contributed by atoms with Gasteiger partial charge in [0.05, 0.1) is 0 Å². The van der Waals surface area contributed by atoms with Crippen LogP contribution in [0.1, 0.15) is 32.6 Å². The average Bonchev–Trinajstić information content (AvgIpc) is 3.02. The third-order valence-corrected chi connectivity index (χ3v) is 4.53. The predicted octanol–water partition coefficient (Wildman–Crippen LogP) is 1.40. The topological polar surface area (TPSA) is 51.2 Å². The van der Waals surface area contributed by atoms with Gasteiger partial charge >= 0.3 is 0 Å². The fourth-order valence-electron chi connectivity index (χ4n) is 2.93. The molecule has 1 heterocycles. The van der Waals surface area contributed by atoms with Gasteiger partial charge in [-0.3, -0.25) is 9.69 Å². The minimum absolute atomic E-state index is 0.0184. The molecule has 1 saturated heterocycles. The molecule has 0 aromatic carbocycles. The predicted molar refractivity (Wildman–Crippen MR) is 101 cm³/mol. The van der Waals surface area contributed by atoms with Gasteiger partial charge in [-0.15, -0.1) is 6.58 Å². The molecule has 138 valence electrons. The molecule has 0 aromatic heterocycles. The molecule has 1 aliphatic heterocycles. The largest absolute Gasteiger partial charge is 0.355 e. The number of nitrogens with one attached hydrogen (secondary N) is 1. The van der Waals surface area contributed by atoms with Gasteiger partial charge in [0.2, 0.25) is 5.91 Å². The molecule has 1 unspecified atom stereocenters. The molecule has 0 aromatic rings. The maximum absolute atomic E-state index is 11.8. The van der Waals surface area contributed by atoms with Crippen molar-refractivity contribution in [3.8, 4) is 0 Å². The number of amides is 1. The first kappa shape index (κ1) is 20.5. The van der Waals surface area contributed by atoms with Crippen LogP contribution in [0.4, 0.5) is 0 Å². The van der Waals surface area contributed by atoms with E-state index in [1.54, 1.807) is 19.0 Å². The first-order valence-electron chi connectivity index (χ1n) is 9.04. The quantitative estimate of drug-likeness (QED) is 0.299. The second kappa shape index (κ2) is 11.1.